The highest BCUT2D eigenvalue weighted by Crippen LogP contribution is 2.21. The zero-order valence-corrected chi connectivity index (χ0v) is 15.4. The van der Waals surface area contributed by atoms with E-state index in [9.17, 15) is 18.0 Å². The third-order valence-corrected chi connectivity index (χ3v) is 5.83. The Balaban J connectivity index is 1.98. The number of sulfonamides is 1. The van der Waals surface area contributed by atoms with Gasteiger partial charge in [0.05, 0.1) is 0 Å². The maximum Gasteiger partial charge on any atom is 0.330 e. The van der Waals surface area contributed by atoms with Gasteiger partial charge >= 0.3 is 5.69 Å². The topological polar surface area (TPSA) is 90.2 Å². The highest BCUT2D eigenvalue weighted by molar-refractivity contribution is 7.89. The predicted molar refractivity (Wildman–Crippen MR) is 99.6 cm³/mol. The molecular weight excluding hydrogens is 354 g/mol. The van der Waals surface area contributed by atoms with Crippen LogP contribution in [0.3, 0.4) is 0 Å². The average Bonchev–Trinajstić information content (AvgIpc) is 2.62. The SMILES string of the molecule is CC(NS(=O)(=O)c1cn(C)c(=O)n(C)c1=O)c1ccc2ccccc2c1. The number of aryl methyl sites for hydroxylation is 1. The molecule has 0 saturated heterocycles. The van der Waals surface area contributed by atoms with Gasteiger partial charge < -0.3 is 4.57 Å². The maximum atomic E-state index is 12.7. The summed E-state index contributed by atoms with van der Waals surface area (Å²) in [6.07, 6.45) is 1.04. The van der Waals surface area contributed by atoms with Crippen molar-refractivity contribution in [1.29, 1.82) is 0 Å². The van der Waals surface area contributed by atoms with Crippen molar-refractivity contribution in [1.82, 2.24) is 13.9 Å². The molecule has 0 spiro atoms. The number of hydrogen-bond acceptors (Lipinski definition) is 4. The normalized spacial score (nSPS) is 13.0. The second-order valence-electron chi connectivity index (χ2n) is 6.20. The number of nitrogens with zero attached hydrogens (tertiary/aromatic N) is 2. The highest BCUT2D eigenvalue weighted by atomic mass is 32.2. The standard InChI is InChI=1S/C18H19N3O4S/c1-12(14-9-8-13-6-4-5-7-15(13)10-14)19-26(24,25)16-11-20(2)18(23)21(3)17(16)22/h4-12,19H,1-3H3. The molecule has 26 heavy (non-hydrogen) atoms. The lowest BCUT2D eigenvalue weighted by Crippen LogP contribution is -2.41. The van der Waals surface area contributed by atoms with Crippen LogP contribution in [-0.2, 0) is 24.1 Å². The minimum Gasteiger partial charge on any atom is -0.302 e. The van der Waals surface area contributed by atoms with Gasteiger partial charge in [-0.3, -0.25) is 9.36 Å². The van der Waals surface area contributed by atoms with Gasteiger partial charge in [0.2, 0.25) is 10.0 Å². The van der Waals surface area contributed by atoms with Crippen LogP contribution in [0.1, 0.15) is 18.5 Å². The van der Waals surface area contributed by atoms with Crippen LogP contribution in [0.15, 0.2) is 63.1 Å². The van der Waals surface area contributed by atoms with E-state index < -0.39 is 32.2 Å². The molecule has 0 radical (unpaired) electrons. The van der Waals surface area contributed by atoms with E-state index in [0.29, 0.717) is 0 Å². The monoisotopic (exact) mass is 373 g/mol. The van der Waals surface area contributed by atoms with Crippen molar-refractivity contribution < 1.29 is 8.42 Å². The lowest BCUT2D eigenvalue weighted by atomic mass is 10.0. The third-order valence-electron chi connectivity index (χ3n) is 4.31. The number of hydrogen-bond donors (Lipinski definition) is 1. The first kappa shape index (κ1) is 18.1. The lowest BCUT2D eigenvalue weighted by Gasteiger charge is -2.16. The molecule has 1 unspecified atom stereocenters. The second kappa shape index (κ2) is 6.54. The van der Waals surface area contributed by atoms with E-state index in [4.69, 9.17) is 0 Å². The van der Waals surface area contributed by atoms with Gasteiger partial charge in [0.25, 0.3) is 5.56 Å². The minimum atomic E-state index is -4.10. The van der Waals surface area contributed by atoms with Crippen LogP contribution in [0.2, 0.25) is 0 Å². The van der Waals surface area contributed by atoms with E-state index in [2.05, 4.69) is 4.72 Å². The van der Waals surface area contributed by atoms with Crippen LogP contribution in [0.5, 0.6) is 0 Å². The molecule has 1 atom stereocenters. The van der Waals surface area contributed by atoms with Crippen molar-refractivity contribution in [3.8, 4) is 0 Å². The van der Waals surface area contributed by atoms with Crippen molar-refractivity contribution in [2.75, 3.05) is 0 Å². The van der Waals surface area contributed by atoms with Crippen LogP contribution in [-0.4, -0.2) is 17.6 Å². The minimum absolute atomic E-state index is 0.463. The molecule has 1 N–H and O–H groups in total. The third kappa shape index (κ3) is 3.21. The van der Waals surface area contributed by atoms with Crippen LogP contribution in [0.4, 0.5) is 0 Å². The van der Waals surface area contributed by atoms with Gasteiger partial charge in [-0.15, -0.1) is 0 Å². The van der Waals surface area contributed by atoms with Gasteiger partial charge in [-0.05, 0) is 29.3 Å². The Bertz CT molecular complexity index is 1210. The van der Waals surface area contributed by atoms with Gasteiger partial charge in [-0.1, -0.05) is 36.4 Å². The number of nitrogens with one attached hydrogen (secondary N) is 1. The Morgan fingerprint density at radius 3 is 2.35 bits per heavy atom. The first-order valence-electron chi connectivity index (χ1n) is 7.98. The van der Waals surface area contributed by atoms with E-state index in [-0.39, 0.29) is 0 Å². The summed E-state index contributed by atoms with van der Waals surface area (Å²) in [4.78, 5) is 23.5. The van der Waals surface area contributed by atoms with Gasteiger partial charge in [0.1, 0.15) is 0 Å². The van der Waals surface area contributed by atoms with E-state index in [1.807, 2.05) is 42.5 Å². The quantitative estimate of drug-likeness (QED) is 0.746. The largest absolute Gasteiger partial charge is 0.330 e. The second-order valence-corrected chi connectivity index (χ2v) is 7.88. The molecule has 0 aliphatic rings. The molecule has 3 aromatic rings. The summed E-state index contributed by atoms with van der Waals surface area (Å²) < 4.78 is 29.7. The molecule has 8 heteroatoms. The van der Waals surface area contributed by atoms with Gasteiger partial charge in [-0.25, -0.2) is 17.9 Å². The molecule has 1 aromatic heterocycles. The summed E-state index contributed by atoms with van der Waals surface area (Å²) in [7, 11) is -1.45. The fourth-order valence-electron chi connectivity index (χ4n) is 2.80. The van der Waals surface area contributed by atoms with Crippen LogP contribution >= 0.6 is 0 Å². The lowest BCUT2D eigenvalue weighted by molar-refractivity contribution is 0.558. The summed E-state index contributed by atoms with van der Waals surface area (Å²) in [5.74, 6) is 0. The molecular formula is C18H19N3O4S. The molecule has 0 amide bonds. The van der Waals surface area contributed by atoms with Crippen LogP contribution in [0.25, 0.3) is 10.8 Å². The molecule has 7 nitrogen and oxygen atoms in total. The Labute approximate surface area is 150 Å². The first-order valence-corrected chi connectivity index (χ1v) is 9.47. The molecule has 0 bridgehead atoms. The molecule has 0 saturated carbocycles. The van der Waals surface area contributed by atoms with Crippen molar-refractivity contribution in [3.63, 3.8) is 0 Å². The van der Waals surface area contributed by atoms with Crippen LogP contribution < -0.4 is 16.0 Å². The Morgan fingerprint density at radius 2 is 1.65 bits per heavy atom. The van der Waals surface area contributed by atoms with E-state index in [0.717, 1.165) is 31.7 Å². The number of benzene rings is 2. The highest BCUT2D eigenvalue weighted by Gasteiger charge is 2.24. The van der Waals surface area contributed by atoms with E-state index in [1.54, 1.807) is 6.92 Å². The van der Waals surface area contributed by atoms with Gasteiger partial charge in [0, 0.05) is 26.3 Å². The van der Waals surface area contributed by atoms with Crippen molar-refractivity contribution in [3.05, 3.63) is 75.1 Å². The van der Waals surface area contributed by atoms with Crippen molar-refractivity contribution >= 4 is 20.8 Å². The fraction of sp³-hybridized carbons (Fsp3) is 0.222. The summed E-state index contributed by atoms with van der Waals surface area (Å²) >= 11 is 0. The van der Waals surface area contributed by atoms with Gasteiger partial charge in [0.15, 0.2) is 4.90 Å². The molecule has 2 aromatic carbocycles. The molecule has 0 fully saturated rings. The maximum absolute atomic E-state index is 12.7. The van der Waals surface area contributed by atoms with Crippen molar-refractivity contribution in [2.45, 2.75) is 17.9 Å². The first-order chi connectivity index (χ1) is 12.2. The zero-order chi connectivity index (χ0) is 19.1. The predicted octanol–water partition coefficient (Wildman–Crippen LogP) is 1.28. The number of fused-ring (bicyclic) bond motifs is 1. The van der Waals surface area contributed by atoms with E-state index >= 15 is 0 Å². The molecule has 3 rings (SSSR count). The number of rotatable bonds is 4. The van der Waals surface area contributed by atoms with Crippen LogP contribution in [0, 0.1) is 0 Å². The zero-order valence-electron chi connectivity index (χ0n) is 14.6. The molecule has 0 aliphatic heterocycles. The molecule has 1 heterocycles. The Morgan fingerprint density at radius 1 is 1.00 bits per heavy atom. The summed E-state index contributed by atoms with van der Waals surface area (Å²) in [5, 5.41) is 2.05. The summed E-state index contributed by atoms with van der Waals surface area (Å²) in [6.45, 7) is 1.70. The smallest absolute Gasteiger partial charge is 0.302 e. The van der Waals surface area contributed by atoms with Crippen molar-refractivity contribution in [2.24, 2.45) is 14.1 Å². The Hall–Kier alpha value is -2.71. The summed E-state index contributed by atoms with van der Waals surface area (Å²) in [5.41, 5.74) is -0.670. The Kier molecular flexibility index (Phi) is 4.55. The summed E-state index contributed by atoms with van der Waals surface area (Å²) in [6, 6.07) is 12.9. The fourth-order valence-corrected chi connectivity index (χ4v) is 4.19. The average molecular weight is 373 g/mol. The molecule has 136 valence electrons. The van der Waals surface area contributed by atoms with Gasteiger partial charge in [-0.2, -0.15) is 0 Å². The van der Waals surface area contributed by atoms with E-state index in [1.165, 1.54) is 14.1 Å². The number of aromatic nitrogens is 2. The molecule has 0 aliphatic carbocycles.